The Morgan fingerprint density at radius 2 is 2.10 bits per heavy atom. The van der Waals surface area contributed by atoms with Crippen LogP contribution < -0.4 is 0 Å². The summed E-state index contributed by atoms with van der Waals surface area (Å²) in [7, 11) is 0. The molecule has 6 heteroatoms. The van der Waals surface area contributed by atoms with E-state index in [1.165, 1.54) is 17.9 Å². The highest BCUT2D eigenvalue weighted by Crippen LogP contribution is 2.31. The summed E-state index contributed by atoms with van der Waals surface area (Å²) in [5.74, 6) is 4.80. The lowest BCUT2D eigenvalue weighted by Crippen LogP contribution is -2.13. The molecule has 0 N–H and O–H groups in total. The van der Waals surface area contributed by atoms with Gasteiger partial charge in [-0.1, -0.05) is 23.2 Å². The average Bonchev–Trinajstić information content (AvgIpc) is 3.02. The van der Waals surface area contributed by atoms with Gasteiger partial charge in [0.2, 0.25) is 0 Å². The number of nitrogens with zero attached hydrogens (tertiary/aromatic N) is 2. The van der Waals surface area contributed by atoms with Crippen molar-refractivity contribution >= 4 is 57.6 Å². The monoisotopic (exact) mass is 348 g/mol. The van der Waals surface area contributed by atoms with Crippen molar-refractivity contribution in [1.82, 2.24) is 9.55 Å². The van der Waals surface area contributed by atoms with Crippen molar-refractivity contribution in [3.63, 3.8) is 0 Å². The molecule has 108 valence electrons. The van der Waals surface area contributed by atoms with Crippen molar-refractivity contribution in [3.05, 3.63) is 28.0 Å². The summed E-state index contributed by atoms with van der Waals surface area (Å²) < 4.78 is 2.27. The van der Waals surface area contributed by atoms with Gasteiger partial charge in [-0.2, -0.15) is 11.8 Å². The Bertz CT molecular complexity index is 620. The molecule has 1 unspecified atom stereocenters. The molecule has 2 heterocycles. The van der Waals surface area contributed by atoms with Crippen LogP contribution in [0, 0.1) is 5.92 Å². The first-order chi connectivity index (χ1) is 9.69. The first-order valence-corrected chi connectivity index (χ1v) is 9.11. The van der Waals surface area contributed by atoms with Crippen LogP contribution in [0.2, 0.25) is 10.0 Å². The van der Waals surface area contributed by atoms with Crippen LogP contribution in [-0.2, 0) is 13.0 Å². The Morgan fingerprint density at radius 1 is 1.30 bits per heavy atom. The number of alkyl halides is 1. The first-order valence-electron chi connectivity index (χ1n) is 6.67. The maximum Gasteiger partial charge on any atom is 0.111 e. The zero-order valence-electron chi connectivity index (χ0n) is 10.9. The van der Waals surface area contributed by atoms with Gasteiger partial charge in [0.1, 0.15) is 5.82 Å². The highest BCUT2D eigenvalue weighted by atomic mass is 35.5. The van der Waals surface area contributed by atoms with E-state index in [2.05, 4.69) is 9.55 Å². The van der Waals surface area contributed by atoms with Crippen molar-refractivity contribution in [3.8, 4) is 0 Å². The van der Waals surface area contributed by atoms with Crippen LogP contribution >= 0.6 is 46.6 Å². The van der Waals surface area contributed by atoms with Crippen LogP contribution in [0.1, 0.15) is 12.2 Å². The summed E-state index contributed by atoms with van der Waals surface area (Å²) in [6, 6.07) is 3.77. The molecule has 1 fully saturated rings. The van der Waals surface area contributed by atoms with E-state index < -0.39 is 0 Å². The number of hydrogen-bond donors (Lipinski definition) is 0. The predicted molar refractivity (Wildman–Crippen MR) is 89.6 cm³/mol. The summed E-state index contributed by atoms with van der Waals surface area (Å²) in [5, 5.41) is 1.14. The molecule has 0 bridgehead atoms. The molecule has 2 nitrogen and oxygen atoms in total. The van der Waals surface area contributed by atoms with E-state index in [0.717, 1.165) is 29.8 Å². The Kier molecular flexibility index (Phi) is 4.71. The van der Waals surface area contributed by atoms with E-state index in [4.69, 9.17) is 34.8 Å². The van der Waals surface area contributed by atoms with Gasteiger partial charge in [0.15, 0.2) is 0 Å². The largest absolute Gasteiger partial charge is 0.328 e. The van der Waals surface area contributed by atoms with Crippen LogP contribution in [0.15, 0.2) is 12.1 Å². The van der Waals surface area contributed by atoms with Crippen molar-refractivity contribution < 1.29 is 0 Å². The summed E-state index contributed by atoms with van der Waals surface area (Å²) >= 11 is 20.2. The highest BCUT2D eigenvalue weighted by Gasteiger charge is 2.20. The van der Waals surface area contributed by atoms with Gasteiger partial charge in [-0.15, -0.1) is 11.6 Å². The number of rotatable bonds is 4. The molecule has 0 radical (unpaired) electrons. The van der Waals surface area contributed by atoms with Gasteiger partial charge < -0.3 is 4.57 Å². The van der Waals surface area contributed by atoms with Crippen molar-refractivity contribution in [1.29, 1.82) is 0 Å². The summed E-state index contributed by atoms with van der Waals surface area (Å²) in [6.45, 7) is 0.994. The van der Waals surface area contributed by atoms with Crippen LogP contribution in [0.25, 0.3) is 11.0 Å². The Balaban J connectivity index is 2.04. The molecule has 3 rings (SSSR count). The highest BCUT2D eigenvalue weighted by molar-refractivity contribution is 7.99. The normalized spacial score (nSPS) is 19.1. The molecule has 1 aliphatic heterocycles. The summed E-state index contributed by atoms with van der Waals surface area (Å²) in [6.07, 6.45) is 2.04. The third kappa shape index (κ3) is 2.92. The van der Waals surface area contributed by atoms with Gasteiger partial charge in [-0.25, -0.2) is 4.98 Å². The third-order valence-electron chi connectivity index (χ3n) is 3.65. The van der Waals surface area contributed by atoms with E-state index in [1.807, 2.05) is 23.9 Å². The van der Waals surface area contributed by atoms with E-state index in [0.29, 0.717) is 21.8 Å². The summed E-state index contributed by atoms with van der Waals surface area (Å²) in [5.41, 5.74) is 1.97. The van der Waals surface area contributed by atoms with Gasteiger partial charge in [0, 0.05) is 18.8 Å². The second-order valence-electron chi connectivity index (χ2n) is 5.06. The maximum absolute atomic E-state index is 6.16. The minimum Gasteiger partial charge on any atom is -0.328 e. The van der Waals surface area contributed by atoms with E-state index >= 15 is 0 Å². The number of hydrogen-bond acceptors (Lipinski definition) is 2. The average molecular weight is 350 g/mol. The van der Waals surface area contributed by atoms with Crippen molar-refractivity contribution in [2.75, 3.05) is 17.4 Å². The molecule has 1 saturated heterocycles. The van der Waals surface area contributed by atoms with Gasteiger partial charge in [0.05, 0.1) is 21.1 Å². The van der Waals surface area contributed by atoms with Crippen LogP contribution in [0.4, 0.5) is 0 Å². The fourth-order valence-corrected chi connectivity index (χ4v) is 4.39. The molecule has 1 aliphatic rings. The quantitative estimate of drug-likeness (QED) is 0.732. The number of benzene rings is 1. The SMILES string of the molecule is ClCCc1nc2cc(Cl)c(Cl)cc2n1CC1CCSC1. The second-order valence-corrected chi connectivity index (χ2v) is 7.40. The molecular weight excluding hydrogens is 335 g/mol. The molecule has 0 aliphatic carbocycles. The van der Waals surface area contributed by atoms with E-state index in [-0.39, 0.29) is 0 Å². The lowest BCUT2D eigenvalue weighted by molar-refractivity contribution is 0.490. The summed E-state index contributed by atoms with van der Waals surface area (Å²) in [4.78, 5) is 4.68. The van der Waals surface area contributed by atoms with E-state index in [9.17, 15) is 0 Å². The minimum absolute atomic E-state index is 0.553. The van der Waals surface area contributed by atoms with Crippen LogP contribution in [0.5, 0.6) is 0 Å². The topological polar surface area (TPSA) is 17.8 Å². The van der Waals surface area contributed by atoms with Crippen molar-refractivity contribution in [2.45, 2.75) is 19.4 Å². The Morgan fingerprint density at radius 3 is 2.80 bits per heavy atom. The number of thioether (sulfide) groups is 1. The third-order valence-corrected chi connectivity index (χ3v) is 5.79. The lowest BCUT2D eigenvalue weighted by Gasteiger charge is -2.13. The molecule has 0 amide bonds. The standard InChI is InChI=1S/C14H15Cl3N2S/c15-3-1-14-18-12-5-10(16)11(17)6-13(12)19(14)7-9-2-4-20-8-9/h5-6,9H,1-4,7-8H2. The smallest absolute Gasteiger partial charge is 0.111 e. The Hall–Kier alpha value is -0.0900. The molecule has 20 heavy (non-hydrogen) atoms. The molecule has 1 aromatic heterocycles. The van der Waals surface area contributed by atoms with Gasteiger partial charge in [0.25, 0.3) is 0 Å². The number of aryl methyl sites for hydroxylation is 1. The Labute approximate surface area is 137 Å². The predicted octanol–water partition coefficient (Wildman–Crippen LogP) is 4.88. The minimum atomic E-state index is 0.553. The van der Waals surface area contributed by atoms with Gasteiger partial charge in [-0.05, 0) is 36.0 Å². The maximum atomic E-state index is 6.16. The molecule has 1 aromatic carbocycles. The second kappa shape index (κ2) is 6.35. The fourth-order valence-electron chi connectivity index (χ4n) is 2.63. The van der Waals surface area contributed by atoms with Crippen LogP contribution in [0.3, 0.4) is 0 Å². The van der Waals surface area contributed by atoms with Crippen LogP contribution in [-0.4, -0.2) is 26.9 Å². The lowest BCUT2D eigenvalue weighted by atomic mass is 10.1. The van der Waals surface area contributed by atoms with Crippen molar-refractivity contribution in [2.24, 2.45) is 5.92 Å². The number of halogens is 3. The molecule has 0 saturated carbocycles. The molecule has 1 atom stereocenters. The number of aromatic nitrogens is 2. The zero-order valence-corrected chi connectivity index (χ0v) is 14.0. The number of imidazole rings is 1. The van der Waals surface area contributed by atoms with E-state index in [1.54, 1.807) is 0 Å². The molecular formula is C14H15Cl3N2S. The van der Waals surface area contributed by atoms with Gasteiger partial charge in [-0.3, -0.25) is 0 Å². The first kappa shape index (κ1) is 14.8. The van der Waals surface area contributed by atoms with Gasteiger partial charge >= 0.3 is 0 Å². The zero-order chi connectivity index (χ0) is 14.1. The fraction of sp³-hybridized carbons (Fsp3) is 0.500. The molecule has 2 aromatic rings. The molecule has 0 spiro atoms. The number of fused-ring (bicyclic) bond motifs is 1.